The largest absolute Gasteiger partial charge is 0.507 e. The number of rotatable bonds is 7. The molecule has 9 heteroatoms. The number of anilines is 1. The number of carbonyl (C=O) groups excluding carboxylic acids is 2. The Balaban J connectivity index is 1.66. The highest BCUT2D eigenvalue weighted by Crippen LogP contribution is 2.45. The van der Waals surface area contributed by atoms with Crippen LogP contribution in [0, 0.1) is 0 Å². The lowest BCUT2D eigenvalue weighted by molar-refractivity contribution is -0.132. The second-order valence-electron chi connectivity index (χ2n) is 8.24. The topological polar surface area (TPSA) is 89.0 Å². The molecule has 1 aliphatic heterocycles. The number of aliphatic hydroxyl groups excluding tert-OH is 1. The first kappa shape index (κ1) is 24.8. The number of hydrogen-bond donors (Lipinski definition) is 1. The summed E-state index contributed by atoms with van der Waals surface area (Å²) in [6, 6.07) is 18.1. The number of ketones is 1. The third kappa shape index (κ3) is 4.65. The molecular weight excluding hydrogens is 512 g/mol. The molecule has 0 saturated carbocycles. The highest BCUT2D eigenvalue weighted by Gasteiger charge is 2.48. The summed E-state index contributed by atoms with van der Waals surface area (Å²) < 4.78 is 11.9. The van der Waals surface area contributed by atoms with Gasteiger partial charge in [0.2, 0.25) is 0 Å². The second-order valence-corrected chi connectivity index (χ2v) is 9.69. The molecule has 0 radical (unpaired) electrons. The van der Waals surface area contributed by atoms with Crippen LogP contribution in [0.1, 0.15) is 31.0 Å². The minimum Gasteiger partial charge on any atom is -0.507 e. The number of nitrogens with zero attached hydrogens (tertiary/aromatic N) is 2. The molecule has 1 aromatic heterocycles. The molecule has 1 amide bonds. The minimum atomic E-state index is -0.919. The highest BCUT2D eigenvalue weighted by atomic mass is 35.5. The van der Waals surface area contributed by atoms with Crippen LogP contribution in [0.5, 0.6) is 11.5 Å². The van der Waals surface area contributed by atoms with Crippen LogP contribution in [0.4, 0.5) is 5.13 Å². The highest BCUT2D eigenvalue weighted by molar-refractivity contribution is 7.22. The van der Waals surface area contributed by atoms with Crippen LogP contribution in [0.25, 0.3) is 16.0 Å². The molecule has 0 bridgehead atoms. The van der Waals surface area contributed by atoms with E-state index >= 15 is 0 Å². The Bertz CT molecular complexity index is 1530. The van der Waals surface area contributed by atoms with Crippen molar-refractivity contribution in [2.24, 2.45) is 0 Å². The number of amides is 1. The van der Waals surface area contributed by atoms with Crippen molar-refractivity contribution in [3.05, 3.63) is 88.5 Å². The molecule has 1 N–H and O–H groups in total. The lowest BCUT2D eigenvalue weighted by Crippen LogP contribution is -2.29. The molecule has 7 nitrogen and oxygen atoms in total. The van der Waals surface area contributed by atoms with Gasteiger partial charge in [-0.05, 0) is 74.0 Å². The van der Waals surface area contributed by atoms with Crippen LogP contribution in [0.15, 0.2) is 72.3 Å². The quantitative estimate of drug-likeness (QED) is 0.168. The van der Waals surface area contributed by atoms with Gasteiger partial charge in [0.25, 0.3) is 5.78 Å². The smallest absolute Gasteiger partial charge is 0.301 e. The molecule has 1 aliphatic rings. The normalized spacial score (nSPS) is 16.9. The first-order chi connectivity index (χ1) is 17.9. The molecule has 3 aromatic carbocycles. The Labute approximate surface area is 222 Å². The maximum absolute atomic E-state index is 13.4. The van der Waals surface area contributed by atoms with Gasteiger partial charge in [0.1, 0.15) is 17.3 Å². The van der Waals surface area contributed by atoms with Gasteiger partial charge in [-0.15, -0.1) is 0 Å². The van der Waals surface area contributed by atoms with E-state index in [4.69, 9.17) is 21.1 Å². The van der Waals surface area contributed by atoms with Crippen molar-refractivity contribution in [1.82, 2.24) is 4.98 Å². The maximum Gasteiger partial charge on any atom is 0.301 e. The number of carbonyl (C=O) groups is 2. The SMILES string of the molecule is CCOc1ccc(/C(O)=C2\C(=O)C(=O)N(c3nc4ccc(OCC)cc4s3)C2c2cccc(Cl)c2)cc1. The average molecular weight is 535 g/mol. The summed E-state index contributed by atoms with van der Waals surface area (Å²) in [7, 11) is 0. The monoisotopic (exact) mass is 534 g/mol. The van der Waals surface area contributed by atoms with E-state index in [1.807, 2.05) is 32.0 Å². The third-order valence-electron chi connectivity index (χ3n) is 5.91. The predicted molar refractivity (Wildman–Crippen MR) is 145 cm³/mol. The van der Waals surface area contributed by atoms with Crippen LogP contribution in [0.3, 0.4) is 0 Å². The summed E-state index contributed by atoms with van der Waals surface area (Å²) in [6.07, 6.45) is 0. The molecule has 4 aromatic rings. The molecule has 1 unspecified atom stereocenters. The molecule has 0 aliphatic carbocycles. The van der Waals surface area contributed by atoms with Crippen molar-refractivity contribution in [3.63, 3.8) is 0 Å². The number of aromatic nitrogens is 1. The summed E-state index contributed by atoms with van der Waals surface area (Å²) >= 11 is 7.55. The molecule has 1 atom stereocenters. The van der Waals surface area contributed by atoms with E-state index < -0.39 is 17.7 Å². The summed E-state index contributed by atoms with van der Waals surface area (Å²) in [4.78, 5) is 32.8. The Morgan fingerprint density at radius 2 is 1.70 bits per heavy atom. The van der Waals surface area contributed by atoms with Crippen molar-refractivity contribution in [3.8, 4) is 11.5 Å². The van der Waals surface area contributed by atoms with Crippen LogP contribution in [-0.2, 0) is 9.59 Å². The number of halogens is 1. The molecule has 37 heavy (non-hydrogen) atoms. The summed E-state index contributed by atoms with van der Waals surface area (Å²) in [5.74, 6) is -0.540. The summed E-state index contributed by atoms with van der Waals surface area (Å²) in [5, 5.41) is 12.1. The van der Waals surface area contributed by atoms with Crippen molar-refractivity contribution in [2.45, 2.75) is 19.9 Å². The predicted octanol–water partition coefficient (Wildman–Crippen LogP) is 6.37. The van der Waals surface area contributed by atoms with Gasteiger partial charge in [0, 0.05) is 10.6 Å². The molecule has 2 heterocycles. The van der Waals surface area contributed by atoms with Crippen LogP contribution >= 0.6 is 22.9 Å². The Morgan fingerprint density at radius 3 is 2.41 bits per heavy atom. The van der Waals surface area contributed by atoms with Crippen molar-refractivity contribution in [1.29, 1.82) is 0 Å². The molecule has 188 valence electrons. The van der Waals surface area contributed by atoms with Gasteiger partial charge in [-0.3, -0.25) is 14.5 Å². The second kappa shape index (κ2) is 10.2. The third-order valence-corrected chi connectivity index (χ3v) is 7.17. The zero-order valence-corrected chi connectivity index (χ0v) is 21.7. The van der Waals surface area contributed by atoms with Crippen LogP contribution in [-0.4, -0.2) is 35.0 Å². The number of ether oxygens (including phenoxy) is 2. The number of aliphatic hydroxyl groups is 1. The van der Waals surface area contributed by atoms with E-state index in [2.05, 4.69) is 4.98 Å². The molecule has 1 saturated heterocycles. The van der Waals surface area contributed by atoms with Gasteiger partial charge < -0.3 is 14.6 Å². The standard InChI is InChI=1S/C28H23ClN2O5S/c1-3-35-19-10-8-16(9-11-19)25(32)23-24(17-6-5-7-18(29)14-17)31(27(34)26(23)33)28-30-21-13-12-20(36-4-2)15-22(21)37-28/h5-15,24,32H,3-4H2,1-2H3/b25-23+. The van der Waals surface area contributed by atoms with Crippen molar-refractivity contribution in [2.75, 3.05) is 18.1 Å². The van der Waals surface area contributed by atoms with Gasteiger partial charge in [-0.25, -0.2) is 4.98 Å². The number of fused-ring (bicyclic) bond motifs is 1. The maximum atomic E-state index is 13.4. The van der Waals surface area contributed by atoms with Crippen molar-refractivity contribution >= 4 is 55.7 Å². The fourth-order valence-electron chi connectivity index (χ4n) is 4.31. The van der Waals surface area contributed by atoms with E-state index in [-0.39, 0.29) is 11.3 Å². The van der Waals surface area contributed by atoms with E-state index in [1.165, 1.54) is 16.2 Å². The summed E-state index contributed by atoms with van der Waals surface area (Å²) in [5.41, 5.74) is 1.60. The number of hydrogen-bond acceptors (Lipinski definition) is 7. The van der Waals surface area contributed by atoms with Gasteiger partial charge in [0.15, 0.2) is 5.13 Å². The van der Waals surface area contributed by atoms with Gasteiger partial charge >= 0.3 is 5.91 Å². The molecule has 0 spiro atoms. The van der Waals surface area contributed by atoms with Crippen molar-refractivity contribution < 1.29 is 24.2 Å². The van der Waals surface area contributed by atoms with Gasteiger partial charge in [-0.1, -0.05) is 35.1 Å². The molecular formula is C28H23ClN2O5S. The minimum absolute atomic E-state index is 0.0364. The fourth-order valence-corrected chi connectivity index (χ4v) is 5.52. The first-order valence-electron chi connectivity index (χ1n) is 11.7. The van der Waals surface area contributed by atoms with Gasteiger partial charge in [-0.2, -0.15) is 0 Å². The van der Waals surface area contributed by atoms with E-state index in [0.29, 0.717) is 51.5 Å². The van der Waals surface area contributed by atoms with Crippen LogP contribution < -0.4 is 14.4 Å². The number of Topliss-reactive ketones (excluding diaryl/α,β-unsaturated/α-hetero) is 1. The average Bonchev–Trinajstić information content (AvgIpc) is 3.42. The van der Waals surface area contributed by atoms with Gasteiger partial charge in [0.05, 0.1) is 35.0 Å². The van der Waals surface area contributed by atoms with Crippen LogP contribution in [0.2, 0.25) is 5.02 Å². The first-order valence-corrected chi connectivity index (χ1v) is 12.9. The Hall–Kier alpha value is -3.88. The lowest BCUT2D eigenvalue weighted by atomic mass is 9.95. The number of thiazole rings is 1. The zero-order chi connectivity index (χ0) is 26.1. The van der Waals surface area contributed by atoms with E-state index in [9.17, 15) is 14.7 Å². The Kier molecular flexibility index (Phi) is 6.86. The zero-order valence-electron chi connectivity index (χ0n) is 20.1. The lowest BCUT2D eigenvalue weighted by Gasteiger charge is -2.23. The molecule has 5 rings (SSSR count). The fraction of sp³-hybridized carbons (Fsp3) is 0.179. The summed E-state index contributed by atoms with van der Waals surface area (Å²) in [6.45, 7) is 4.79. The number of benzene rings is 3. The molecule has 1 fully saturated rings. The van der Waals surface area contributed by atoms with E-state index in [0.717, 1.165) is 4.70 Å². The van der Waals surface area contributed by atoms with E-state index in [1.54, 1.807) is 48.5 Å². The Morgan fingerprint density at radius 1 is 1.00 bits per heavy atom.